The smallest absolute Gasteiger partial charge is 0.254 e. The Balaban J connectivity index is 1.50. The highest BCUT2D eigenvalue weighted by molar-refractivity contribution is 5.95. The van der Waals surface area contributed by atoms with Crippen LogP contribution in [0.4, 0.5) is 0 Å². The van der Waals surface area contributed by atoms with E-state index in [1.165, 1.54) is 11.1 Å². The molecule has 0 spiro atoms. The minimum absolute atomic E-state index is 0.151. The summed E-state index contributed by atoms with van der Waals surface area (Å²) in [6, 6.07) is 21.3. The standard InChI is InChI=1S/C27H31N3O/c1-20-13-21(2)15-24(14-20)27(31)30-12-10-25(29-19-23-9-6-11-28-18-23)17-26(30)16-22-7-4-3-5-8-22/h3-9,11,13-15,18,25-26,29H,10,12,16-17,19H2,1-2H3/t25-,26-/m1/s1. The van der Waals surface area contributed by atoms with Gasteiger partial charge in [0.15, 0.2) is 0 Å². The Kier molecular flexibility index (Phi) is 6.78. The third-order valence-corrected chi connectivity index (χ3v) is 6.08. The predicted octanol–water partition coefficient (Wildman–Crippen LogP) is 4.70. The first-order valence-corrected chi connectivity index (χ1v) is 11.1. The van der Waals surface area contributed by atoms with Crippen LogP contribution < -0.4 is 5.32 Å². The normalized spacial score (nSPS) is 18.7. The molecule has 1 saturated heterocycles. The zero-order valence-corrected chi connectivity index (χ0v) is 18.4. The van der Waals surface area contributed by atoms with Gasteiger partial charge in [-0.05, 0) is 62.4 Å². The van der Waals surface area contributed by atoms with Crippen molar-refractivity contribution in [3.8, 4) is 0 Å². The number of piperidine rings is 1. The van der Waals surface area contributed by atoms with Crippen molar-refractivity contribution in [2.75, 3.05) is 6.54 Å². The van der Waals surface area contributed by atoms with Crippen molar-refractivity contribution in [3.63, 3.8) is 0 Å². The van der Waals surface area contributed by atoms with Gasteiger partial charge in [-0.2, -0.15) is 0 Å². The Morgan fingerprint density at radius 2 is 1.77 bits per heavy atom. The first-order valence-electron chi connectivity index (χ1n) is 11.1. The topological polar surface area (TPSA) is 45.2 Å². The number of pyridine rings is 1. The summed E-state index contributed by atoms with van der Waals surface area (Å²) < 4.78 is 0. The van der Waals surface area contributed by atoms with Gasteiger partial charge in [0.05, 0.1) is 0 Å². The van der Waals surface area contributed by atoms with Crippen molar-refractivity contribution in [2.45, 2.75) is 51.7 Å². The number of hydrogen-bond acceptors (Lipinski definition) is 3. The second-order valence-corrected chi connectivity index (χ2v) is 8.68. The van der Waals surface area contributed by atoms with Crippen LogP contribution in [0.2, 0.25) is 0 Å². The Bertz CT molecular complexity index is 983. The summed E-state index contributed by atoms with van der Waals surface area (Å²) in [5.41, 5.74) is 5.54. The molecule has 0 radical (unpaired) electrons. The number of amides is 1. The molecule has 2 atom stereocenters. The first kappa shape index (κ1) is 21.3. The maximum Gasteiger partial charge on any atom is 0.254 e. The molecule has 1 aliphatic rings. The third kappa shape index (κ3) is 5.59. The lowest BCUT2D eigenvalue weighted by Gasteiger charge is -2.40. The number of carbonyl (C=O) groups excluding carboxylic acids is 1. The van der Waals surface area contributed by atoms with Crippen molar-refractivity contribution in [3.05, 3.63) is 101 Å². The molecule has 0 saturated carbocycles. The fraction of sp³-hybridized carbons (Fsp3) is 0.333. The SMILES string of the molecule is Cc1cc(C)cc(C(=O)N2CC[C@@H](NCc3cccnc3)C[C@H]2Cc2ccccc2)c1. The van der Waals surface area contributed by atoms with Gasteiger partial charge in [0.2, 0.25) is 0 Å². The van der Waals surface area contributed by atoms with E-state index in [9.17, 15) is 4.79 Å². The van der Waals surface area contributed by atoms with Crippen LogP contribution >= 0.6 is 0 Å². The van der Waals surface area contributed by atoms with E-state index >= 15 is 0 Å². The zero-order valence-electron chi connectivity index (χ0n) is 18.4. The monoisotopic (exact) mass is 413 g/mol. The average Bonchev–Trinajstić information content (AvgIpc) is 2.78. The lowest BCUT2D eigenvalue weighted by atomic mass is 9.91. The van der Waals surface area contributed by atoms with Gasteiger partial charge in [-0.25, -0.2) is 0 Å². The third-order valence-electron chi connectivity index (χ3n) is 6.08. The van der Waals surface area contributed by atoms with Crippen molar-refractivity contribution in [2.24, 2.45) is 0 Å². The van der Waals surface area contributed by atoms with E-state index in [0.29, 0.717) is 6.04 Å². The molecule has 4 rings (SSSR count). The highest BCUT2D eigenvalue weighted by Gasteiger charge is 2.32. The summed E-state index contributed by atoms with van der Waals surface area (Å²) in [4.78, 5) is 19.8. The number of aromatic nitrogens is 1. The van der Waals surface area contributed by atoms with E-state index in [4.69, 9.17) is 0 Å². The molecule has 2 heterocycles. The molecule has 31 heavy (non-hydrogen) atoms. The zero-order chi connectivity index (χ0) is 21.6. The quantitative estimate of drug-likeness (QED) is 0.637. The van der Waals surface area contributed by atoms with Gasteiger partial charge in [-0.3, -0.25) is 9.78 Å². The van der Waals surface area contributed by atoms with Gasteiger partial charge in [0.1, 0.15) is 0 Å². The molecule has 0 unspecified atom stereocenters. The second-order valence-electron chi connectivity index (χ2n) is 8.68. The number of benzene rings is 2. The largest absolute Gasteiger partial charge is 0.335 e. The first-order chi connectivity index (χ1) is 15.1. The van der Waals surface area contributed by atoms with Crippen LogP contribution in [-0.4, -0.2) is 34.4 Å². The fourth-order valence-electron chi connectivity index (χ4n) is 4.61. The molecule has 1 N–H and O–H groups in total. The van der Waals surface area contributed by atoms with Crippen LogP contribution in [0.1, 0.15) is 45.5 Å². The summed E-state index contributed by atoms with van der Waals surface area (Å²) in [6.07, 6.45) is 6.50. The summed E-state index contributed by atoms with van der Waals surface area (Å²) in [6.45, 7) is 5.69. The van der Waals surface area contributed by atoms with E-state index in [1.807, 2.05) is 30.5 Å². The van der Waals surface area contributed by atoms with Gasteiger partial charge >= 0.3 is 0 Å². The summed E-state index contributed by atoms with van der Waals surface area (Å²) in [7, 11) is 0. The Morgan fingerprint density at radius 1 is 1.03 bits per heavy atom. The van der Waals surface area contributed by atoms with Crippen LogP contribution in [-0.2, 0) is 13.0 Å². The maximum atomic E-state index is 13.5. The van der Waals surface area contributed by atoms with Crippen LogP contribution in [0, 0.1) is 13.8 Å². The minimum atomic E-state index is 0.151. The molecular formula is C27H31N3O. The van der Waals surface area contributed by atoms with Gasteiger partial charge in [-0.1, -0.05) is 53.6 Å². The lowest BCUT2D eigenvalue weighted by molar-refractivity contribution is 0.0576. The number of nitrogens with zero attached hydrogens (tertiary/aromatic N) is 2. The molecule has 1 aromatic heterocycles. The number of carbonyl (C=O) groups is 1. The number of hydrogen-bond donors (Lipinski definition) is 1. The van der Waals surface area contributed by atoms with E-state index in [0.717, 1.165) is 49.0 Å². The molecule has 4 heteroatoms. The van der Waals surface area contributed by atoms with Gasteiger partial charge in [0.25, 0.3) is 5.91 Å². The number of likely N-dealkylation sites (tertiary alicyclic amines) is 1. The average molecular weight is 414 g/mol. The highest BCUT2D eigenvalue weighted by Crippen LogP contribution is 2.24. The Labute approximate surface area is 185 Å². The van der Waals surface area contributed by atoms with Crippen molar-refractivity contribution in [1.29, 1.82) is 0 Å². The van der Waals surface area contributed by atoms with Crippen LogP contribution in [0.5, 0.6) is 0 Å². The second kappa shape index (κ2) is 9.88. The minimum Gasteiger partial charge on any atom is -0.335 e. The fourth-order valence-corrected chi connectivity index (χ4v) is 4.61. The van der Waals surface area contributed by atoms with E-state index in [1.54, 1.807) is 6.20 Å². The predicted molar refractivity (Wildman–Crippen MR) is 125 cm³/mol. The molecule has 1 aliphatic heterocycles. The number of rotatable bonds is 6. The number of aryl methyl sites for hydroxylation is 2. The number of nitrogens with one attached hydrogen (secondary N) is 1. The molecule has 1 amide bonds. The highest BCUT2D eigenvalue weighted by atomic mass is 16.2. The molecule has 1 fully saturated rings. The molecular weight excluding hydrogens is 382 g/mol. The van der Waals surface area contributed by atoms with E-state index in [2.05, 4.69) is 65.4 Å². The van der Waals surface area contributed by atoms with Crippen LogP contribution in [0.25, 0.3) is 0 Å². The molecule has 2 aromatic carbocycles. The van der Waals surface area contributed by atoms with Crippen molar-refractivity contribution in [1.82, 2.24) is 15.2 Å². The Morgan fingerprint density at radius 3 is 2.48 bits per heavy atom. The van der Waals surface area contributed by atoms with Crippen molar-refractivity contribution >= 4 is 5.91 Å². The Hall–Kier alpha value is -2.98. The lowest BCUT2D eigenvalue weighted by Crippen LogP contribution is -2.51. The molecule has 0 bridgehead atoms. The molecule has 160 valence electrons. The van der Waals surface area contributed by atoms with Crippen molar-refractivity contribution < 1.29 is 4.79 Å². The molecule has 4 nitrogen and oxygen atoms in total. The van der Waals surface area contributed by atoms with Crippen LogP contribution in [0.15, 0.2) is 73.1 Å². The van der Waals surface area contributed by atoms with E-state index in [-0.39, 0.29) is 11.9 Å². The van der Waals surface area contributed by atoms with Crippen LogP contribution in [0.3, 0.4) is 0 Å². The molecule has 3 aromatic rings. The summed E-state index contributed by atoms with van der Waals surface area (Å²) in [5.74, 6) is 0.151. The maximum absolute atomic E-state index is 13.5. The van der Waals surface area contributed by atoms with Gasteiger partial charge in [0, 0.05) is 43.1 Å². The van der Waals surface area contributed by atoms with Gasteiger partial charge in [-0.15, -0.1) is 0 Å². The van der Waals surface area contributed by atoms with E-state index < -0.39 is 0 Å². The summed E-state index contributed by atoms with van der Waals surface area (Å²) in [5, 5.41) is 3.69. The van der Waals surface area contributed by atoms with Gasteiger partial charge < -0.3 is 10.2 Å². The molecule has 0 aliphatic carbocycles. The summed E-state index contributed by atoms with van der Waals surface area (Å²) >= 11 is 0.